The van der Waals surface area contributed by atoms with Crippen LogP contribution in [0.5, 0.6) is 5.75 Å². The normalized spacial score (nSPS) is 10.2. The van der Waals surface area contributed by atoms with Crippen molar-refractivity contribution < 1.29 is 14.3 Å². The average molecular weight is 259 g/mol. The van der Waals surface area contributed by atoms with Crippen molar-refractivity contribution in [1.82, 2.24) is 0 Å². The summed E-state index contributed by atoms with van der Waals surface area (Å²) in [6.45, 7) is 1.96. The van der Waals surface area contributed by atoms with Gasteiger partial charge in [-0.2, -0.15) is 0 Å². The Kier molecular flexibility index (Phi) is 3.80. The number of benzene rings is 2. The third kappa shape index (κ3) is 2.73. The van der Waals surface area contributed by atoms with Crippen LogP contribution in [0.1, 0.15) is 22.8 Å². The minimum Gasteiger partial charge on any atom is -0.507 e. The number of anilines is 1. The number of carbonyl (C=O) groups excluding carboxylic acids is 1. The van der Waals surface area contributed by atoms with Gasteiger partial charge in [0, 0.05) is 5.69 Å². The first-order chi connectivity index (χ1) is 9.13. The number of phenolic OH excluding ortho intramolecular Hbond substituents is 1. The molecule has 4 heteroatoms. The molecule has 2 N–H and O–H groups in total. The molecular weight excluding hydrogens is 245 g/mol. The molecule has 0 heterocycles. The standard InChI is InChI=1S/C15H14FNO2/c1-2-10-6-3-4-8-12(10)17-15(19)14-11(16)7-5-9-13(14)18/h3-9,18H,2H2,1H3,(H,17,19). The van der Waals surface area contributed by atoms with Crippen LogP contribution in [0.3, 0.4) is 0 Å². The summed E-state index contributed by atoms with van der Waals surface area (Å²) in [5.41, 5.74) is 1.23. The fourth-order valence-electron chi connectivity index (χ4n) is 1.87. The topological polar surface area (TPSA) is 49.3 Å². The SMILES string of the molecule is CCc1ccccc1NC(=O)c1c(O)cccc1F. The first kappa shape index (κ1) is 13.1. The van der Waals surface area contributed by atoms with Gasteiger partial charge in [-0.05, 0) is 30.2 Å². The molecule has 0 aromatic heterocycles. The van der Waals surface area contributed by atoms with Crippen LogP contribution >= 0.6 is 0 Å². The summed E-state index contributed by atoms with van der Waals surface area (Å²) in [6, 6.07) is 11.1. The van der Waals surface area contributed by atoms with Crippen LogP contribution in [-0.4, -0.2) is 11.0 Å². The van der Waals surface area contributed by atoms with Gasteiger partial charge in [-0.3, -0.25) is 4.79 Å². The Labute approximate surface area is 110 Å². The monoisotopic (exact) mass is 259 g/mol. The summed E-state index contributed by atoms with van der Waals surface area (Å²) < 4.78 is 13.6. The molecule has 2 rings (SSSR count). The van der Waals surface area contributed by atoms with E-state index < -0.39 is 11.7 Å². The van der Waals surface area contributed by atoms with Gasteiger partial charge in [0.1, 0.15) is 17.1 Å². The number of aromatic hydroxyl groups is 1. The van der Waals surface area contributed by atoms with Gasteiger partial charge in [0.25, 0.3) is 5.91 Å². The van der Waals surface area contributed by atoms with Gasteiger partial charge in [-0.1, -0.05) is 31.2 Å². The quantitative estimate of drug-likeness (QED) is 0.888. The minimum atomic E-state index is -0.744. The van der Waals surface area contributed by atoms with E-state index in [9.17, 15) is 14.3 Å². The van der Waals surface area contributed by atoms with E-state index in [2.05, 4.69) is 5.32 Å². The number of phenols is 1. The van der Waals surface area contributed by atoms with E-state index in [1.54, 1.807) is 12.1 Å². The lowest BCUT2D eigenvalue weighted by Gasteiger charge is -2.10. The molecule has 0 atom stereocenters. The Morgan fingerprint density at radius 1 is 1.21 bits per heavy atom. The first-order valence-electron chi connectivity index (χ1n) is 6.00. The van der Waals surface area contributed by atoms with Crippen LogP contribution in [-0.2, 0) is 6.42 Å². The Bertz CT molecular complexity index is 591. The molecule has 0 bridgehead atoms. The summed E-state index contributed by atoms with van der Waals surface area (Å²) >= 11 is 0. The molecule has 98 valence electrons. The second-order valence-electron chi connectivity index (χ2n) is 4.10. The van der Waals surface area contributed by atoms with Gasteiger partial charge in [-0.25, -0.2) is 4.39 Å². The molecule has 0 aliphatic carbocycles. The zero-order chi connectivity index (χ0) is 13.8. The summed E-state index contributed by atoms with van der Waals surface area (Å²) in [4.78, 5) is 12.0. The number of para-hydroxylation sites is 1. The number of rotatable bonds is 3. The Hall–Kier alpha value is -2.36. The molecule has 2 aromatic rings. The molecule has 0 aliphatic rings. The van der Waals surface area contributed by atoms with E-state index in [0.717, 1.165) is 18.1 Å². The molecule has 0 saturated carbocycles. The maximum Gasteiger partial charge on any atom is 0.262 e. The summed E-state index contributed by atoms with van der Waals surface area (Å²) in [6.07, 6.45) is 0.750. The number of hydrogen-bond acceptors (Lipinski definition) is 2. The zero-order valence-electron chi connectivity index (χ0n) is 10.5. The molecule has 0 unspecified atom stereocenters. The van der Waals surface area contributed by atoms with Crippen LogP contribution in [0, 0.1) is 5.82 Å². The number of halogens is 1. The highest BCUT2D eigenvalue weighted by molar-refractivity contribution is 6.06. The maximum atomic E-state index is 13.6. The van der Waals surface area contributed by atoms with Gasteiger partial charge in [0.2, 0.25) is 0 Å². The molecule has 0 radical (unpaired) electrons. The maximum absolute atomic E-state index is 13.6. The van der Waals surface area contributed by atoms with Crippen molar-refractivity contribution >= 4 is 11.6 Å². The Morgan fingerprint density at radius 2 is 1.95 bits per heavy atom. The number of hydrogen-bond donors (Lipinski definition) is 2. The van der Waals surface area contributed by atoms with Crippen molar-refractivity contribution in [2.24, 2.45) is 0 Å². The van der Waals surface area contributed by atoms with Crippen LogP contribution in [0.25, 0.3) is 0 Å². The van der Waals surface area contributed by atoms with Crippen LogP contribution in [0.2, 0.25) is 0 Å². The highest BCUT2D eigenvalue weighted by Gasteiger charge is 2.17. The van der Waals surface area contributed by atoms with Crippen molar-refractivity contribution in [2.75, 3.05) is 5.32 Å². The lowest BCUT2D eigenvalue weighted by molar-refractivity contribution is 0.102. The van der Waals surface area contributed by atoms with Gasteiger partial charge >= 0.3 is 0 Å². The van der Waals surface area contributed by atoms with Crippen molar-refractivity contribution in [3.63, 3.8) is 0 Å². The van der Waals surface area contributed by atoms with Gasteiger partial charge in [0.05, 0.1) is 0 Å². The van der Waals surface area contributed by atoms with Crippen molar-refractivity contribution in [1.29, 1.82) is 0 Å². The van der Waals surface area contributed by atoms with E-state index >= 15 is 0 Å². The molecule has 0 spiro atoms. The van der Waals surface area contributed by atoms with Crippen LogP contribution in [0.15, 0.2) is 42.5 Å². The van der Waals surface area contributed by atoms with E-state index in [-0.39, 0.29) is 11.3 Å². The third-order valence-electron chi connectivity index (χ3n) is 2.87. The minimum absolute atomic E-state index is 0.339. The van der Waals surface area contributed by atoms with E-state index in [1.807, 2.05) is 19.1 Å². The molecule has 19 heavy (non-hydrogen) atoms. The highest BCUT2D eigenvalue weighted by atomic mass is 19.1. The van der Waals surface area contributed by atoms with E-state index in [0.29, 0.717) is 5.69 Å². The van der Waals surface area contributed by atoms with Gasteiger partial charge in [0.15, 0.2) is 0 Å². The number of nitrogens with one attached hydrogen (secondary N) is 1. The van der Waals surface area contributed by atoms with Crippen LogP contribution < -0.4 is 5.32 Å². The number of aryl methyl sites for hydroxylation is 1. The van der Waals surface area contributed by atoms with Gasteiger partial charge < -0.3 is 10.4 Å². The molecule has 2 aromatic carbocycles. The van der Waals surface area contributed by atoms with Crippen molar-refractivity contribution in [2.45, 2.75) is 13.3 Å². The second kappa shape index (κ2) is 5.52. The highest BCUT2D eigenvalue weighted by Crippen LogP contribution is 2.22. The van der Waals surface area contributed by atoms with Crippen molar-refractivity contribution in [3.05, 3.63) is 59.4 Å². The number of amides is 1. The van der Waals surface area contributed by atoms with Gasteiger partial charge in [-0.15, -0.1) is 0 Å². The second-order valence-corrected chi connectivity index (χ2v) is 4.10. The summed E-state index contributed by atoms with van der Waals surface area (Å²) in [5.74, 6) is -1.77. The molecule has 1 amide bonds. The van der Waals surface area contributed by atoms with Crippen molar-refractivity contribution in [3.8, 4) is 5.75 Å². The fourth-order valence-corrected chi connectivity index (χ4v) is 1.87. The smallest absolute Gasteiger partial charge is 0.262 e. The fraction of sp³-hybridized carbons (Fsp3) is 0.133. The average Bonchev–Trinajstić information content (AvgIpc) is 2.39. The largest absolute Gasteiger partial charge is 0.507 e. The number of carbonyl (C=O) groups is 1. The summed E-state index contributed by atoms with van der Waals surface area (Å²) in [7, 11) is 0. The molecule has 0 aliphatic heterocycles. The third-order valence-corrected chi connectivity index (χ3v) is 2.87. The summed E-state index contributed by atoms with van der Waals surface area (Å²) in [5, 5.41) is 12.2. The molecular formula is C15H14FNO2. The predicted molar refractivity (Wildman–Crippen MR) is 71.8 cm³/mol. The van der Waals surface area contributed by atoms with Crippen LogP contribution in [0.4, 0.5) is 10.1 Å². The zero-order valence-corrected chi connectivity index (χ0v) is 10.5. The first-order valence-corrected chi connectivity index (χ1v) is 6.00. The Morgan fingerprint density at radius 3 is 2.63 bits per heavy atom. The van der Waals surface area contributed by atoms with E-state index in [1.165, 1.54) is 12.1 Å². The molecule has 0 fully saturated rings. The van der Waals surface area contributed by atoms with E-state index in [4.69, 9.17) is 0 Å². The molecule has 0 saturated heterocycles. The predicted octanol–water partition coefficient (Wildman–Crippen LogP) is 3.35. The lowest BCUT2D eigenvalue weighted by Crippen LogP contribution is -2.15. The lowest BCUT2D eigenvalue weighted by atomic mass is 10.1. The molecule has 3 nitrogen and oxygen atoms in total. The Balaban J connectivity index is 2.31.